The molecule has 0 radical (unpaired) electrons. The van der Waals surface area contributed by atoms with Crippen molar-refractivity contribution in [3.63, 3.8) is 0 Å². The monoisotopic (exact) mass is 619 g/mol. The fourth-order valence-electron chi connectivity index (χ4n) is 6.20. The lowest BCUT2D eigenvalue weighted by atomic mass is 10.0. The van der Waals surface area contributed by atoms with Crippen LogP contribution in [0.4, 0.5) is 34.1 Å². The molecule has 8 aromatic rings. The smallest absolute Gasteiger partial charge is 0.127 e. The van der Waals surface area contributed by atoms with Crippen LogP contribution in [0, 0.1) is 0 Å². The van der Waals surface area contributed by atoms with Crippen molar-refractivity contribution < 1.29 is 4.74 Å². The highest BCUT2D eigenvalue weighted by atomic mass is 16.5. The Hall–Kier alpha value is -6.52. The zero-order chi connectivity index (χ0) is 32.3. The molecule has 0 aliphatic heterocycles. The number of nitrogen functional groups attached to an aromatic ring is 1. The lowest BCUT2D eigenvalue weighted by Crippen LogP contribution is -2.10. The van der Waals surface area contributed by atoms with Crippen LogP contribution in [0.2, 0.25) is 0 Å². The minimum Gasteiger partial charge on any atom is -0.457 e. The molecular formula is C44H33N3O. The van der Waals surface area contributed by atoms with Gasteiger partial charge in [0.05, 0.1) is 5.69 Å². The third-order valence-electron chi connectivity index (χ3n) is 8.63. The van der Waals surface area contributed by atoms with Gasteiger partial charge in [-0.25, -0.2) is 0 Å². The Kier molecular flexibility index (Phi) is 7.65. The van der Waals surface area contributed by atoms with Crippen molar-refractivity contribution in [3.8, 4) is 22.6 Å². The number of nitrogens with one attached hydrogen (secondary N) is 1. The molecular weight excluding hydrogens is 587 g/mol. The number of ether oxygens (including phenoxy) is 1. The first-order valence-electron chi connectivity index (χ1n) is 16.0. The first-order chi connectivity index (χ1) is 23.7. The number of nitrogens with zero attached hydrogens (tertiary/aromatic N) is 1. The summed E-state index contributed by atoms with van der Waals surface area (Å²) in [6.45, 7) is 0. The van der Waals surface area contributed by atoms with Crippen LogP contribution in [0.1, 0.15) is 0 Å². The highest BCUT2D eigenvalue weighted by Crippen LogP contribution is 2.40. The number of anilines is 6. The van der Waals surface area contributed by atoms with Crippen molar-refractivity contribution in [1.29, 1.82) is 0 Å². The fraction of sp³-hybridized carbons (Fsp3) is 0. The van der Waals surface area contributed by atoms with Gasteiger partial charge in [0.1, 0.15) is 11.5 Å². The zero-order valence-corrected chi connectivity index (χ0v) is 26.3. The molecule has 0 bridgehead atoms. The molecule has 0 saturated carbocycles. The minimum atomic E-state index is 0.709. The second-order valence-electron chi connectivity index (χ2n) is 11.8. The summed E-state index contributed by atoms with van der Waals surface area (Å²) >= 11 is 0. The van der Waals surface area contributed by atoms with Gasteiger partial charge in [0.2, 0.25) is 0 Å². The Balaban J connectivity index is 1.09. The van der Waals surface area contributed by atoms with Crippen molar-refractivity contribution in [2.24, 2.45) is 0 Å². The molecule has 0 fully saturated rings. The van der Waals surface area contributed by atoms with Gasteiger partial charge >= 0.3 is 0 Å². The summed E-state index contributed by atoms with van der Waals surface area (Å²) in [5.74, 6) is 1.51. The number of benzene rings is 8. The van der Waals surface area contributed by atoms with E-state index in [1.165, 1.54) is 21.5 Å². The predicted molar refractivity (Wildman–Crippen MR) is 202 cm³/mol. The summed E-state index contributed by atoms with van der Waals surface area (Å²) in [6, 6.07) is 62.8. The normalized spacial score (nSPS) is 11.0. The molecule has 0 aromatic heterocycles. The van der Waals surface area contributed by atoms with E-state index in [-0.39, 0.29) is 0 Å². The van der Waals surface area contributed by atoms with Gasteiger partial charge in [0.25, 0.3) is 0 Å². The maximum Gasteiger partial charge on any atom is 0.127 e. The van der Waals surface area contributed by atoms with Gasteiger partial charge in [-0.15, -0.1) is 0 Å². The molecule has 0 aliphatic rings. The molecule has 3 N–H and O–H groups in total. The minimum absolute atomic E-state index is 0.709. The molecule has 8 rings (SSSR count). The second-order valence-corrected chi connectivity index (χ2v) is 11.8. The maximum absolute atomic E-state index is 6.10. The quantitative estimate of drug-likeness (QED) is 0.166. The van der Waals surface area contributed by atoms with E-state index in [0.29, 0.717) is 5.69 Å². The van der Waals surface area contributed by atoms with Crippen molar-refractivity contribution in [1.82, 2.24) is 0 Å². The number of nitrogens with two attached hydrogens (primary N) is 1. The van der Waals surface area contributed by atoms with Gasteiger partial charge < -0.3 is 20.7 Å². The van der Waals surface area contributed by atoms with Crippen molar-refractivity contribution >= 4 is 55.7 Å². The molecule has 4 heteroatoms. The van der Waals surface area contributed by atoms with Crippen molar-refractivity contribution in [2.75, 3.05) is 16.0 Å². The number of rotatable bonds is 8. The summed E-state index contributed by atoms with van der Waals surface area (Å²) in [6.07, 6.45) is 0. The van der Waals surface area contributed by atoms with Crippen LogP contribution < -0.4 is 20.7 Å². The first kappa shape index (κ1) is 28.9. The summed E-state index contributed by atoms with van der Waals surface area (Å²) in [5.41, 5.74) is 14.2. The number of fused-ring (bicyclic) bond motifs is 2. The molecule has 0 unspecified atom stereocenters. The predicted octanol–water partition coefficient (Wildman–Crippen LogP) is 12.2. The van der Waals surface area contributed by atoms with Crippen molar-refractivity contribution in [2.45, 2.75) is 0 Å². The average molecular weight is 620 g/mol. The van der Waals surface area contributed by atoms with E-state index >= 15 is 0 Å². The SMILES string of the molecule is Nc1ccc(Oc2ccc(N(c3ccc(-c4ccc(Nc5cccc6ccccc56)cc4)cc3)c3cccc4ccccc34)cc2)cc1. The van der Waals surface area contributed by atoms with Crippen LogP contribution in [0.25, 0.3) is 32.7 Å². The number of hydrogen-bond donors (Lipinski definition) is 2. The molecule has 0 saturated heterocycles. The first-order valence-corrected chi connectivity index (χ1v) is 16.0. The number of hydrogen-bond acceptors (Lipinski definition) is 4. The molecule has 0 heterocycles. The third-order valence-corrected chi connectivity index (χ3v) is 8.63. The molecule has 0 spiro atoms. The summed E-state index contributed by atoms with van der Waals surface area (Å²) in [4.78, 5) is 2.30. The van der Waals surface area contributed by atoms with Gasteiger partial charge in [-0.1, -0.05) is 97.1 Å². The summed E-state index contributed by atoms with van der Waals surface area (Å²) in [5, 5.41) is 8.40. The Morgan fingerprint density at radius 3 is 1.60 bits per heavy atom. The van der Waals surface area contributed by atoms with E-state index in [1.54, 1.807) is 0 Å². The lowest BCUT2D eigenvalue weighted by molar-refractivity contribution is 0.483. The summed E-state index contributed by atoms with van der Waals surface area (Å²) in [7, 11) is 0. The molecule has 8 aromatic carbocycles. The highest BCUT2D eigenvalue weighted by molar-refractivity contribution is 5.99. The fourth-order valence-corrected chi connectivity index (χ4v) is 6.20. The molecule has 48 heavy (non-hydrogen) atoms. The zero-order valence-electron chi connectivity index (χ0n) is 26.3. The van der Waals surface area contributed by atoms with E-state index in [0.717, 1.165) is 51.1 Å². The Bertz CT molecular complexity index is 2320. The van der Waals surface area contributed by atoms with Crippen LogP contribution in [0.5, 0.6) is 11.5 Å². The van der Waals surface area contributed by atoms with Crippen LogP contribution >= 0.6 is 0 Å². The highest BCUT2D eigenvalue weighted by Gasteiger charge is 2.16. The topological polar surface area (TPSA) is 50.5 Å². The van der Waals surface area contributed by atoms with E-state index < -0.39 is 0 Å². The lowest BCUT2D eigenvalue weighted by Gasteiger charge is -2.27. The Morgan fingerprint density at radius 2 is 0.938 bits per heavy atom. The molecule has 4 nitrogen and oxygen atoms in total. The molecule has 230 valence electrons. The Morgan fingerprint density at radius 1 is 0.438 bits per heavy atom. The van der Waals surface area contributed by atoms with Gasteiger partial charge in [-0.3, -0.25) is 0 Å². The Labute approximate surface area is 280 Å². The van der Waals surface area contributed by atoms with Crippen LogP contribution in [0.15, 0.2) is 182 Å². The molecule has 0 amide bonds. The van der Waals surface area contributed by atoms with Gasteiger partial charge in [0, 0.05) is 39.2 Å². The van der Waals surface area contributed by atoms with Gasteiger partial charge in [0.15, 0.2) is 0 Å². The third kappa shape index (κ3) is 5.91. The second kappa shape index (κ2) is 12.7. The average Bonchev–Trinajstić information content (AvgIpc) is 3.14. The molecule has 0 aliphatic carbocycles. The van der Waals surface area contributed by atoms with E-state index in [1.807, 2.05) is 36.4 Å². The van der Waals surface area contributed by atoms with E-state index in [4.69, 9.17) is 10.5 Å². The largest absolute Gasteiger partial charge is 0.457 e. The van der Waals surface area contributed by atoms with Gasteiger partial charge in [-0.2, -0.15) is 0 Å². The standard InChI is InChI=1S/C44H33N3O/c45-35-19-27-39(28-20-35)48-40-29-25-38(26-30-40)47(44-14-6-10-34-8-2-4-12-42(34)44)37-23-17-32(18-24-37)31-15-21-36(22-16-31)46-43-13-5-9-33-7-1-3-11-41(33)43/h1-30,46H,45H2. The molecule has 0 atom stereocenters. The van der Waals surface area contributed by atoms with Crippen molar-refractivity contribution in [3.05, 3.63) is 182 Å². The van der Waals surface area contributed by atoms with E-state index in [9.17, 15) is 0 Å². The maximum atomic E-state index is 6.10. The van der Waals surface area contributed by atoms with E-state index in [2.05, 4.69) is 156 Å². The van der Waals surface area contributed by atoms with Gasteiger partial charge in [-0.05, 0) is 107 Å². The summed E-state index contributed by atoms with van der Waals surface area (Å²) < 4.78 is 6.10. The van der Waals surface area contributed by atoms with Crippen LogP contribution in [-0.2, 0) is 0 Å². The van der Waals surface area contributed by atoms with Crippen LogP contribution in [-0.4, -0.2) is 0 Å². The van der Waals surface area contributed by atoms with Crippen LogP contribution in [0.3, 0.4) is 0 Å².